The Morgan fingerprint density at radius 2 is 0.913 bits per heavy atom. The zero-order valence-electron chi connectivity index (χ0n) is 12.9. The summed E-state index contributed by atoms with van der Waals surface area (Å²) in [5.74, 6) is 0. The Hall–Kier alpha value is -1.92. The van der Waals surface area contributed by atoms with Gasteiger partial charge < -0.3 is 0 Å². The molecule has 0 aliphatic rings. The van der Waals surface area contributed by atoms with Crippen LogP contribution < -0.4 is 18.9 Å². The van der Waals surface area contributed by atoms with E-state index in [0.717, 1.165) is 0 Å². The standard InChI is InChI=1S/C19H15O2S.Li/c20-22(21,18-14-8-3-9-15-18)19(16-10-4-1-5-11-16)17-12-6-2-7-13-17;/h1-15H;/q-1;+1. The summed E-state index contributed by atoms with van der Waals surface area (Å²) < 4.78 is 26.2. The molecule has 110 valence electrons. The van der Waals surface area contributed by atoms with Crippen molar-refractivity contribution >= 4 is 9.84 Å². The first-order valence-corrected chi connectivity index (χ1v) is 8.46. The summed E-state index contributed by atoms with van der Waals surface area (Å²) in [6, 6.07) is 27.0. The molecule has 0 heterocycles. The van der Waals surface area contributed by atoms with Crippen LogP contribution in [-0.2, 0) is 9.84 Å². The molecule has 0 bridgehead atoms. The van der Waals surface area contributed by atoms with Gasteiger partial charge in [-0.25, -0.2) is 8.42 Å². The van der Waals surface area contributed by atoms with E-state index in [1.54, 1.807) is 24.3 Å². The molecule has 0 fully saturated rings. The van der Waals surface area contributed by atoms with Crippen LogP contribution in [0.5, 0.6) is 0 Å². The molecule has 0 N–H and O–H groups in total. The Bertz CT molecular complexity index is 793. The van der Waals surface area contributed by atoms with Crippen LogP contribution in [-0.4, -0.2) is 8.42 Å². The number of rotatable bonds is 4. The van der Waals surface area contributed by atoms with Gasteiger partial charge in [0.1, 0.15) is 0 Å². The second-order valence-corrected chi connectivity index (χ2v) is 6.76. The third-order valence-corrected chi connectivity index (χ3v) is 5.30. The maximum Gasteiger partial charge on any atom is 1.00 e. The molecule has 0 saturated carbocycles. The van der Waals surface area contributed by atoms with Crippen LogP contribution in [0.1, 0.15) is 11.1 Å². The summed E-state index contributed by atoms with van der Waals surface area (Å²) in [7, 11) is -3.59. The molecule has 3 aromatic carbocycles. The van der Waals surface area contributed by atoms with Gasteiger partial charge in [-0.1, -0.05) is 54.6 Å². The Morgan fingerprint density at radius 1 is 0.565 bits per heavy atom. The van der Waals surface area contributed by atoms with Gasteiger partial charge in [0.15, 0.2) is 9.84 Å². The zero-order chi connectivity index (χ0) is 15.4. The summed E-state index contributed by atoms with van der Waals surface area (Å²) >= 11 is 0. The van der Waals surface area contributed by atoms with Crippen LogP contribution in [0.4, 0.5) is 0 Å². The minimum Gasteiger partial charge on any atom is -0.226 e. The number of hydrogen-bond donors (Lipinski definition) is 0. The first-order valence-electron chi connectivity index (χ1n) is 6.97. The van der Waals surface area contributed by atoms with Crippen molar-refractivity contribution in [2.45, 2.75) is 4.90 Å². The van der Waals surface area contributed by atoms with Gasteiger partial charge in [0, 0.05) is 5.25 Å². The Balaban J connectivity index is 0.00000192. The van der Waals surface area contributed by atoms with E-state index in [0.29, 0.717) is 21.3 Å². The van der Waals surface area contributed by atoms with E-state index in [9.17, 15) is 8.42 Å². The molecule has 0 spiro atoms. The van der Waals surface area contributed by atoms with E-state index in [-0.39, 0.29) is 18.9 Å². The van der Waals surface area contributed by atoms with Crippen molar-refractivity contribution in [3.05, 3.63) is 107 Å². The van der Waals surface area contributed by atoms with Gasteiger partial charge in [-0.15, -0.1) is 35.4 Å². The third-order valence-electron chi connectivity index (χ3n) is 3.39. The summed E-state index contributed by atoms with van der Waals surface area (Å²) in [6.07, 6.45) is 0. The van der Waals surface area contributed by atoms with Gasteiger partial charge in [-0.2, -0.15) is 0 Å². The molecule has 3 rings (SSSR count). The van der Waals surface area contributed by atoms with Gasteiger partial charge in [0.05, 0.1) is 4.90 Å². The zero-order valence-corrected chi connectivity index (χ0v) is 13.7. The molecule has 2 nitrogen and oxygen atoms in total. The van der Waals surface area contributed by atoms with Crippen molar-refractivity contribution in [2.75, 3.05) is 0 Å². The second kappa shape index (κ2) is 7.57. The van der Waals surface area contributed by atoms with Crippen molar-refractivity contribution in [1.82, 2.24) is 0 Å². The molecule has 0 saturated heterocycles. The molecule has 0 radical (unpaired) electrons. The normalized spacial score (nSPS) is 10.6. The molecule has 4 heteroatoms. The fraction of sp³-hybridized carbons (Fsp3) is 0. The minimum absolute atomic E-state index is 0. The molecule has 23 heavy (non-hydrogen) atoms. The average Bonchev–Trinajstić information content (AvgIpc) is 2.58. The maximum absolute atomic E-state index is 13.1. The SMILES string of the molecule is O=S(=O)(c1ccccc1)[C-](c1ccccc1)c1ccccc1.[Li+]. The third kappa shape index (κ3) is 3.71. The second-order valence-electron chi connectivity index (χ2n) is 4.88. The van der Waals surface area contributed by atoms with E-state index in [4.69, 9.17) is 0 Å². The van der Waals surface area contributed by atoms with E-state index in [1.165, 1.54) is 0 Å². The summed E-state index contributed by atoms with van der Waals surface area (Å²) in [4.78, 5) is 0.303. The maximum atomic E-state index is 13.1. The molecule has 3 aromatic rings. The van der Waals surface area contributed by atoms with Gasteiger partial charge in [-0.3, -0.25) is 0 Å². The number of benzene rings is 3. The van der Waals surface area contributed by atoms with Crippen molar-refractivity contribution in [2.24, 2.45) is 0 Å². The van der Waals surface area contributed by atoms with Crippen LogP contribution in [0.2, 0.25) is 0 Å². The molecule has 0 amide bonds. The smallest absolute Gasteiger partial charge is 0.226 e. The molecule has 0 aliphatic heterocycles. The van der Waals surface area contributed by atoms with Gasteiger partial charge in [0.25, 0.3) is 0 Å². The molecular weight excluding hydrogens is 299 g/mol. The van der Waals surface area contributed by atoms with Gasteiger partial charge in [0.2, 0.25) is 0 Å². The van der Waals surface area contributed by atoms with Gasteiger partial charge >= 0.3 is 18.9 Å². The predicted molar refractivity (Wildman–Crippen MR) is 88.0 cm³/mol. The Kier molecular flexibility index (Phi) is 5.73. The van der Waals surface area contributed by atoms with Crippen LogP contribution in [0.15, 0.2) is 95.9 Å². The number of sulfone groups is 1. The van der Waals surface area contributed by atoms with Crippen molar-refractivity contribution < 1.29 is 27.3 Å². The molecule has 0 aliphatic carbocycles. The van der Waals surface area contributed by atoms with Crippen molar-refractivity contribution in [3.8, 4) is 0 Å². The Morgan fingerprint density at radius 3 is 1.30 bits per heavy atom. The largest absolute Gasteiger partial charge is 1.00 e. The van der Waals surface area contributed by atoms with Crippen molar-refractivity contribution in [3.63, 3.8) is 0 Å². The van der Waals surface area contributed by atoms with E-state index in [1.807, 2.05) is 66.7 Å². The van der Waals surface area contributed by atoms with Crippen LogP contribution in [0, 0.1) is 5.25 Å². The topological polar surface area (TPSA) is 34.1 Å². The van der Waals surface area contributed by atoms with Crippen molar-refractivity contribution in [1.29, 1.82) is 0 Å². The monoisotopic (exact) mass is 314 g/mol. The van der Waals surface area contributed by atoms with Crippen LogP contribution in [0.3, 0.4) is 0 Å². The predicted octanol–water partition coefficient (Wildman–Crippen LogP) is 1.09. The summed E-state index contributed by atoms with van der Waals surface area (Å²) in [5, 5.41) is 0.333. The Labute approximate surface area is 149 Å². The molecule has 0 aromatic heterocycles. The number of hydrogen-bond acceptors (Lipinski definition) is 2. The summed E-state index contributed by atoms with van der Waals surface area (Å²) in [5.41, 5.74) is 1.38. The van der Waals surface area contributed by atoms with E-state index >= 15 is 0 Å². The molecular formula is C19H15LiO2S. The average molecular weight is 314 g/mol. The molecule has 0 unspecified atom stereocenters. The van der Waals surface area contributed by atoms with E-state index < -0.39 is 9.84 Å². The fourth-order valence-electron chi connectivity index (χ4n) is 2.37. The first kappa shape index (κ1) is 17.4. The van der Waals surface area contributed by atoms with Crippen LogP contribution >= 0.6 is 0 Å². The summed E-state index contributed by atoms with van der Waals surface area (Å²) in [6.45, 7) is 0. The van der Waals surface area contributed by atoms with Crippen LogP contribution in [0.25, 0.3) is 0 Å². The van der Waals surface area contributed by atoms with E-state index in [2.05, 4.69) is 0 Å². The fourth-order valence-corrected chi connectivity index (χ4v) is 4.02. The van der Waals surface area contributed by atoms with Gasteiger partial charge in [-0.05, 0) is 12.1 Å². The minimum atomic E-state index is -3.59. The quantitative estimate of drug-likeness (QED) is 0.534. The molecule has 0 atom stereocenters. The first-order chi connectivity index (χ1) is 10.7.